The maximum Gasteiger partial charge on any atom is 0.191 e. The molecule has 0 aliphatic carbocycles. The first kappa shape index (κ1) is 24.0. The van der Waals surface area contributed by atoms with Gasteiger partial charge in [-0.15, -0.1) is 24.0 Å². The van der Waals surface area contributed by atoms with Crippen molar-refractivity contribution in [1.82, 2.24) is 20.5 Å². The summed E-state index contributed by atoms with van der Waals surface area (Å²) < 4.78 is 0. The molecule has 0 saturated carbocycles. The third kappa shape index (κ3) is 6.60. The lowest BCUT2D eigenvalue weighted by Crippen LogP contribution is -2.49. The Morgan fingerprint density at radius 3 is 2.69 bits per heavy atom. The first-order valence-electron chi connectivity index (χ1n) is 11.0. The molecule has 0 atom stereocenters. The fraction of sp³-hybridized carbons (Fsp3) is 0.609. The molecule has 1 aliphatic heterocycles. The average molecular weight is 511 g/mol. The fourth-order valence-electron chi connectivity index (χ4n) is 4.16. The zero-order valence-electron chi connectivity index (χ0n) is 18.3. The number of piperidine rings is 1. The van der Waals surface area contributed by atoms with Gasteiger partial charge < -0.3 is 20.5 Å². The van der Waals surface area contributed by atoms with E-state index in [1.165, 1.54) is 67.3 Å². The Kier molecular flexibility index (Phi) is 10.3. The van der Waals surface area contributed by atoms with Crippen LogP contribution in [-0.2, 0) is 12.8 Å². The summed E-state index contributed by atoms with van der Waals surface area (Å²) in [4.78, 5) is 10.5. The molecule has 0 unspecified atom stereocenters. The first-order valence-corrected chi connectivity index (χ1v) is 11.0. The molecule has 0 radical (unpaired) electrons. The highest BCUT2D eigenvalue weighted by molar-refractivity contribution is 14.0. The summed E-state index contributed by atoms with van der Waals surface area (Å²) in [7, 11) is 1.87. The van der Waals surface area contributed by atoms with Crippen LogP contribution >= 0.6 is 24.0 Å². The average Bonchev–Trinajstić information content (AvgIpc) is 3.15. The highest BCUT2D eigenvalue weighted by atomic mass is 127. The lowest BCUT2D eigenvalue weighted by molar-refractivity contribution is 0.203. The number of rotatable bonds is 8. The number of hydrogen-bond donors (Lipinski definition) is 3. The molecule has 2 aromatic rings. The monoisotopic (exact) mass is 511 g/mol. The van der Waals surface area contributed by atoms with Gasteiger partial charge in [-0.2, -0.15) is 0 Å². The number of fused-ring (bicyclic) bond motifs is 1. The Labute approximate surface area is 193 Å². The molecule has 3 rings (SSSR count). The molecular weight excluding hydrogens is 473 g/mol. The van der Waals surface area contributed by atoms with E-state index in [-0.39, 0.29) is 24.0 Å². The predicted molar refractivity (Wildman–Crippen MR) is 136 cm³/mol. The van der Waals surface area contributed by atoms with E-state index in [4.69, 9.17) is 0 Å². The molecule has 29 heavy (non-hydrogen) atoms. The minimum Gasteiger partial charge on any atom is -0.361 e. The molecule has 2 heterocycles. The number of benzene rings is 1. The third-order valence-corrected chi connectivity index (χ3v) is 5.94. The van der Waals surface area contributed by atoms with Crippen molar-refractivity contribution in [3.05, 3.63) is 35.5 Å². The number of nitrogens with zero attached hydrogens (tertiary/aromatic N) is 2. The highest BCUT2D eigenvalue weighted by Gasteiger charge is 2.19. The van der Waals surface area contributed by atoms with Gasteiger partial charge in [-0.1, -0.05) is 38.5 Å². The summed E-state index contributed by atoms with van der Waals surface area (Å²) in [6.07, 6.45) is 9.21. The number of aromatic nitrogens is 1. The van der Waals surface area contributed by atoms with Gasteiger partial charge in [0.15, 0.2) is 5.96 Å². The van der Waals surface area contributed by atoms with Crippen molar-refractivity contribution in [2.45, 2.75) is 58.4 Å². The van der Waals surface area contributed by atoms with Crippen molar-refractivity contribution in [3.8, 4) is 0 Å². The van der Waals surface area contributed by atoms with E-state index < -0.39 is 0 Å². The van der Waals surface area contributed by atoms with Crippen LogP contribution in [0.5, 0.6) is 0 Å². The molecule has 1 aromatic heterocycles. The molecular formula is C23H38IN5. The summed E-state index contributed by atoms with van der Waals surface area (Å²) in [6, 6.07) is 7.13. The number of para-hydroxylation sites is 1. The van der Waals surface area contributed by atoms with Crippen molar-refractivity contribution in [2.75, 3.05) is 33.2 Å². The quantitative estimate of drug-likeness (QED) is 0.281. The van der Waals surface area contributed by atoms with Crippen molar-refractivity contribution in [1.29, 1.82) is 0 Å². The standard InChI is InChI=1S/C23H37N5.HI/c1-4-6-14-28-15-11-20(12-16-28)27-23(24-3)25-13-10-19-17-26-22-18(5-2)8-7-9-21(19)22;/h7-9,17,20,26H,4-6,10-16H2,1-3H3,(H2,24,25,27);1H. The van der Waals surface area contributed by atoms with Crippen LogP contribution in [0, 0.1) is 0 Å². The summed E-state index contributed by atoms with van der Waals surface area (Å²) in [5.41, 5.74) is 4.05. The Bertz CT molecular complexity index is 762. The van der Waals surface area contributed by atoms with Crippen LogP contribution in [0.15, 0.2) is 29.4 Å². The molecule has 162 valence electrons. The van der Waals surface area contributed by atoms with E-state index in [0.717, 1.165) is 25.3 Å². The topological polar surface area (TPSA) is 55.4 Å². The SMILES string of the molecule is CCCCN1CCC(NC(=NC)NCCc2c[nH]c3c(CC)cccc23)CC1.I. The van der Waals surface area contributed by atoms with Crippen molar-refractivity contribution in [2.24, 2.45) is 4.99 Å². The number of hydrogen-bond acceptors (Lipinski definition) is 2. The molecule has 0 amide bonds. The smallest absolute Gasteiger partial charge is 0.191 e. The third-order valence-electron chi connectivity index (χ3n) is 5.94. The maximum atomic E-state index is 4.43. The number of nitrogens with one attached hydrogen (secondary N) is 3. The van der Waals surface area contributed by atoms with E-state index in [0.29, 0.717) is 6.04 Å². The lowest BCUT2D eigenvalue weighted by atomic mass is 10.0. The lowest BCUT2D eigenvalue weighted by Gasteiger charge is -2.33. The van der Waals surface area contributed by atoms with E-state index in [2.05, 4.69) is 63.8 Å². The minimum atomic E-state index is 0. The second-order valence-corrected chi connectivity index (χ2v) is 7.87. The molecule has 0 bridgehead atoms. The van der Waals surface area contributed by atoms with Crippen LogP contribution in [-0.4, -0.2) is 55.1 Å². The fourth-order valence-corrected chi connectivity index (χ4v) is 4.16. The second kappa shape index (κ2) is 12.4. The second-order valence-electron chi connectivity index (χ2n) is 7.87. The van der Waals surface area contributed by atoms with Gasteiger partial charge in [-0.25, -0.2) is 0 Å². The maximum absolute atomic E-state index is 4.43. The van der Waals surface area contributed by atoms with E-state index in [1.807, 2.05) is 7.05 Å². The largest absolute Gasteiger partial charge is 0.361 e. The Morgan fingerprint density at radius 1 is 1.21 bits per heavy atom. The van der Waals surface area contributed by atoms with E-state index in [9.17, 15) is 0 Å². The number of aryl methyl sites for hydroxylation is 1. The minimum absolute atomic E-state index is 0. The number of unbranched alkanes of at least 4 members (excludes halogenated alkanes) is 1. The first-order chi connectivity index (χ1) is 13.7. The highest BCUT2D eigenvalue weighted by Crippen LogP contribution is 2.22. The van der Waals surface area contributed by atoms with Crippen LogP contribution in [0.3, 0.4) is 0 Å². The zero-order valence-corrected chi connectivity index (χ0v) is 20.6. The van der Waals surface area contributed by atoms with Crippen LogP contribution in [0.2, 0.25) is 0 Å². The van der Waals surface area contributed by atoms with E-state index in [1.54, 1.807) is 0 Å². The van der Waals surface area contributed by atoms with Gasteiger partial charge in [0.2, 0.25) is 0 Å². The Hall–Kier alpha value is -1.28. The Balaban J connectivity index is 0.00000300. The summed E-state index contributed by atoms with van der Waals surface area (Å²) in [5.74, 6) is 0.932. The zero-order chi connectivity index (χ0) is 19.8. The van der Waals surface area contributed by atoms with Crippen molar-refractivity contribution in [3.63, 3.8) is 0 Å². The van der Waals surface area contributed by atoms with Crippen LogP contribution in [0.4, 0.5) is 0 Å². The van der Waals surface area contributed by atoms with Gasteiger partial charge in [0.1, 0.15) is 0 Å². The van der Waals surface area contributed by atoms with Gasteiger partial charge >= 0.3 is 0 Å². The van der Waals surface area contributed by atoms with Crippen LogP contribution < -0.4 is 10.6 Å². The van der Waals surface area contributed by atoms with Crippen LogP contribution in [0.25, 0.3) is 10.9 Å². The summed E-state index contributed by atoms with van der Waals surface area (Å²) in [5, 5.41) is 8.48. The molecule has 1 aromatic carbocycles. The van der Waals surface area contributed by atoms with E-state index >= 15 is 0 Å². The summed E-state index contributed by atoms with van der Waals surface area (Å²) >= 11 is 0. The number of aromatic amines is 1. The van der Waals surface area contributed by atoms with Gasteiger partial charge in [-0.05, 0) is 49.8 Å². The molecule has 3 N–H and O–H groups in total. The predicted octanol–water partition coefficient (Wildman–Crippen LogP) is 4.32. The van der Waals surface area contributed by atoms with Gasteiger partial charge in [0, 0.05) is 49.8 Å². The van der Waals surface area contributed by atoms with Crippen molar-refractivity contribution < 1.29 is 0 Å². The molecule has 1 fully saturated rings. The molecule has 5 nitrogen and oxygen atoms in total. The number of likely N-dealkylation sites (tertiary alicyclic amines) is 1. The molecule has 0 spiro atoms. The van der Waals surface area contributed by atoms with Gasteiger partial charge in [0.05, 0.1) is 0 Å². The van der Waals surface area contributed by atoms with Crippen LogP contribution in [0.1, 0.15) is 50.7 Å². The number of guanidine groups is 1. The molecule has 1 aliphatic rings. The Morgan fingerprint density at radius 2 is 2.00 bits per heavy atom. The molecule has 1 saturated heterocycles. The normalized spacial score (nSPS) is 16.0. The molecule has 6 heteroatoms. The number of halogens is 1. The van der Waals surface area contributed by atoms with Gasteiger partial charge in [-0.3, -0.25) is 4.99 Å². The van der Waals surface area contributed by atoms with Gasteiger partial charge in [0.25, 0.3) is 0 Å². The number of H-pyrrole nitrogens is 1. The number of aliphatic imine (C=N–C) groups is 1. The summed E-state index contributed by atoms with van der Waals surface area (Å²) in [6.45, 7) is 9.01. The van der Waals surface area contributed by atoms with Crippen molar-refractivity contribution >= 4 is 40.8 Å².